The van der Waals surface area contributed by atoms with Gasteiger partial charge >= 0.3 is 0 Å². The number of nitrogens with one attached hydrogen (secondary N) is 1. The van der Waals surface area contributed by atoms with Crippen molar-refractivity contribution < 1.29 is 9.26 Å². The molecule has 5 heteroatoms. The van der Waals surface area contributed by atoms with E-state index in [4.69, 9.17) is 9.26 Å². The topological polar surface area (TPSA) is 47.3 Å². The molecule has 0 saturated carbocycles. The van der Waals surface area contributed by atoms with E-state index in [2.05, 4.69) is 10.5 Å². The highest BCUT2D eigenvalue weighted by Crippen LogP contribution is 2.26. The molecule has 2 heterocycles. The Hall–Kier alpha value is -0.520. The Bertz CT molecular complexity index is 314. The standard InChI is InChI=1S/C10H16N2O2S/c1-13-4-3-11-6-9-8-7-15-5-2-10(8)14-12-9/h11H,2-7H2,1H3. The SMILES string of the molecule is COCCNCc1noc2c1CSCC2. The monoisotopic (exact) mass is 228 g/mol. The van der Waals surface area contributed by atoms with Crippen LogP contribution in [0.4, 0.5) is 0 Å². The van der Waals surface area contributed by atoms with Gasteiger partial charge in [0.2, 0.25) is 0 Å². The van der Waals surface area contributed by atoms with Crippen molar-refractivity contribution in [1.82, 2.24) is 10.5 Å². The van der Waals surface area contributed by atoms with E-state index in [1.807, 2.05) is 11.8 Å². The van der Waals surface area contributed by atoms with E-state index in [0.717, 1.165) is 49.1 Å². The minimum absolute atomic E-state index is 0.731. The summed E-state index contributed by atoms with van der Waals surface area (Å²) in [6.45, 7) is 2.36. The van der Waals surface area contributed by atoms with Crippen LogP contribution < -0.4 is 5.32 Å². The molecule has 0 aromatic carbocycles. The number of rotatable bonds is 5. The number of nitrogens with zero attached hydrogens (tertiary/aromatic N) is 1. The number of aryl methyl sites for hydroxylation is 1. The second-order valence-corrected chi connectivity index (χ2v) is 4.61. The molecule has 1 N–H and O–H groups in total. The number of thioether (sulfide) groups is 1. The highest BCUT2D eigenvalue weighted by atomic mass is 32.2. The molecule has 4 nitrogen and oxygen atoms in total. The molecule has 1 aliphatic heterocycles. The van der Waals surface area contributed by atoms with Crippen LogP contribution in [0.1, 0.15) is 17.0 Å². The Balaban J connectivity index is 1.88. The Labute approximate surface area is 93.7 Å². The highest BCUT2D eigenvalue weighted by molar-refractivity contribution is 7.98. The molecule has 2 rings (SSSR count). The van der Waals surface area contributed by atoms with E-state index in [1.165, 1.54) is 5.56 Å². The van der Waals surface area contributed by atoms with Crippen LogP contribution in [-0.4, -0.2) is 31.2 Å². The average Bonchev–Trinajstić information content (AvgIpc) is 2.68. The second kappa shape index (κ2) is 5.53. The molecular weight excluding hydrogens is 212 g/mol. The number of fused-ring (bicyclic) bond motifs is 1. The summed E-state index contributed by atoms with van der Waals surface area (Å²) in [5.74, 6) is 3.27. The smallest absolute Gasteiger partial charge is 0.141 e. The predicted octanol–water partition coefficient (Wildman–Crippen LogP) is 1.20. The van der Waals surface area contributed by atoms with Crippen molar-refractivity contribution >= 4 is 11.8 Å². The molecule has 1 aliphatic rings. The lowest BCUT2D eigenvalue weighted by atomic mass is 10.2. The predicted molar refractivity (Wildman–Crippen MR) is 60.0 cm³/mol. The van der Waals surface area contributed by atoms with Gasteiger partial charge in [-0.2, -0.15) is 11.8 Å². The van der Waals surface area contributed by atoms with Gasteiger partial charge in [0.25, 0.3) is 0 Å². The number of hydrogen-bond acceptors (Lipinski definition) is 5. The lowest BCUT2D eigenvalue weighted by Gasteiger charge is -2.09. The summed E-state index contributed by atoms with van der Waals surface area (Å²) in [6.07, 6.45) is 1.02. The van der Waals surface area contributed by atoms with Crippen molar-refractivity contribution in [3.8, 4) is 0 Å². The molecule has 0 amide bonds. The maximum Gasteiger partial charge on any atom is 0.141 e. The third-order valence-electron chi connectivity index (χ3n) is 2.45. The molecule has 0 atom stereocenters. The van der Waals surface area contributed by atoms with Crippen molar-refractivity contribution in [3.63, 3.8) is 0 Å². The molecule has 84 valence electrons. The maximum absolute atomic E-state index is 5.31. The first kappa shape index (κ1) is 11.0. The second-order valence-electron chi connectivity index (χ2n) is 3.50. The zero-order valence-corrected chi connectivity index (χ0v) is 9.73. The molecule has 1 aromatic heterocycles. The van der Waals surface area contributed by atoms with Crippen molar-refractivity contribution in [1.29, 1.82) is 0 Å². The van der Waals surface area contributed by atoms with Gasteiger partial charge < -0.3 is 14.6 Å². The molecule has 1 aromatic rings. The minimum Gasteiger partial charge on any atom is -0.383 e. The normalized spacial score (nSPS) is 15.3. The Morgan fingerprint density at radius 2 is 2.53 bits per heavy atom. The van der Waals surface area contributed by atoms with Crippen molar-refractivity contribution in [2.45, 2.75) is 18.7 Å². The van der Waals surface area contributed by atoms with Crippen LogP contribution in [0.5, 0.6) is 0 Å². The molecule has 0 aliphatic carbocycles. The lowest BCUT2D eigenvalue weighted by molar-refractivity contribution is 0.199. The van der Waals surface area contributed by atoms with Crippen molar-refractivity contribution in [3.05, 3.63) is 17.0 Å². The third kappa shape index (κ3) is 2.74. The number of methoxy groups -OCH3 is 1. The maximum atomic E-state index is 5.31. The Kier molecular flexibility index (Phi) is 4.05. The molecule has 0 spiro atoms. The van der Waals surface area contributed by atoms with Gasteiger partial charge in [0.05, 0.1) is 6.61 Å². The summed E-state index contributed by atoms with van der Waals surface area (Å²) in [5.41, 5.74) is 2.37. The van der Waals surface area contributed by atoms with E-state index >= 15 is 0 Å². The quantitative estimate of drug-likeness (QED) is 0.767. The van der Waals surface area contributed by atoms with Crippen LogP contribution in [0.15, 0.2) is 4.52 Å². The van der Waals surface area contributed by atoms with Gasteiger partial charge in [0, 0.05) is 43.7 Å². The van der Waals surface area contributed by atoms with E-state index in [0.29, 0.717) is 0 Å². The number of aromatic nitrogens is 1. The van der Waals surface area contributed by atoms with E-state index in [-0.39, 0.29) is 0 Å². The van der Waals surface area contributed by atoms with Gasteiger partial charge in [-0.05, 0) is 0 Å². The zero-order valence-electron chi connectivity index (χ0n) is 8.91. The first-order chi connectivity index (χ1) is 7.42. The van der Waals surface area contributed by atoms with Gasteiger partial charge in [-0.15, -0.1) is 0 Å². The van der Waals surface area contributed by atoms with E-state index < -0.39 is 0 Å². The summed E-state index contributed by atoms with van der Waals surface area (Å²) in [6, 6.07) is 0. The molecular formula is C10H16N2O2S. The molecule has 0 bridgehead atoms. The van der Waals surface area contributed by atoms with Crippen molar-refractivity contribution in [2.75, 3.05) is 26.0 Å². The molecule has 0 fully saturated rings. The largest absolute Gasteiger partial charge is 0.383 e. The summed E-state index contributed by atoms with van der Waals surface area (Å²) >= 11 is 1.95. The fraction of sp³-hybridized carbons (Fsp3) is 0.700. The summed E-state index contributed by atoms with van der Waals surface area (Å²) in [5, 5.41) is 7.39. The van der Waals surface area contributed by atoms with Gasteiger partial charge in [-0.25, -0.2) is 0 Å². The first-order valence-electron chi connectivity index (χ1n) is 5.15. The summed E-state index contributed by atoms with van der Waals surface area (Å²) in [4.78, 5) is 0. The lowest BCUT2D eigenvalue weighted by Crippen LogP contribution is -2.19. The number of hydrogen-bond donors (Lipinski definition) is 1. The molecule has 0 radical (unpaired) electrons. The summed E-state index contributed by atoms with van der Waals surface area (Å²) < 4.78 is 10.3. The zero-order chi connectivity index (χ0) is 10.5. The van der Waals surface area contributed by atoms with Crippen LogP contribution in [0.2, 0.25) is 0 Å². The molecule has 0 unspecified atom stereocenters. The minimum atomic E-state index is 0.731. The third-order valence-corrected chi connectivity index (χ3v) is 3.43. The van der Waals surface area contributed by atoms with Gasteiger partial charge in [-0.1, -0.05) is 5.16 Å². The Morgan fingerprint density at radius 3 is 3.40 bits per heavy atom. The van der Waals surface area contributed by atoms with E-state index in [9.17, 15) is 0 Å². The first-order valence-corrected chi connectivity index (χ1v) is 6.31. The summed E-state index contributed by atoms with van der Waals surface area (Å²) in [7, 11) is 1.70. The van der Waals surface area contributed by atoms with Crippen LogP contribution in [0.25, 0.3) is 0 Å². The average molecular weight is 228 g/mol. The van der Waals surface area contributed by atoms with Crippen molar-refractivity contribution in [2.24, 2.45) is 0 Å². The fourth-order valence-corrected chi connectivity index (χ4v) is 2.61. The van der Waals surface area contributed by atoms with Crippen LogP contribution in [0.3, 0.4) is 0 Å². The fourth-order valence-electron chi connectivity index (χ4n) is 1.60. The van der Waals surface area contributed by atoms with Crippen LogP contribution >= 0.6 is 11.8 Å². The van der Waals surface area contributed by atoms with Gasteiger partial charge in [0.15, 0.2) is 0 Å². The number of ether oxygens (including phenoxy) is 1. The highest BCUT2D eigenvalue weighted by Gasteiger charge is 2.18. The van der Waals surface area contributed by atoms with Crippen LogP contribution in [-0.2, 0) is 23.5 Å². The Morgan fingerprint density at radius 1 is 1.60 bits per heavy atom. The van der Waals surface area contributed by atoms with Gasteiger partial charge in [0.1, 0.15) is 11.5 Å². The molecule has 0 saturated heterocycles. The van der Waals surface area contributed by atoms with E-state index in [1.54, 1.807) is 7.11 Å². The van der Waals surface area contributed by atoms with Crippen LogP contribution in [0, 0.1) is 0 Å². The van der Waals surface area contributed by atoms with Gasteiger partial charge in [-0.3, -0.25) is 0 Å². The molecule has 15 heavy (non-hydrogen) atoms.